The number of nitrogens with two attached hydrogens (primary N) is 1. The molecule has 3 rings (SSSR count). The average molecular weight is 275 g/mol. The number of H-pyrrole nitrogens is 1. The van der Waals surface area contributed by atoms with E-state index in [1.54, 1.807) is 11.1 Å². The van der Waals surface area contributed by atoms with Crippen molar-refractivity contribution in [2.75, 3.05) is 17.2 Å². The molecule has 9 nitrogen and oxygen atoms in total. The highest BCUT2D eigenvalue weighted by Crippen LogP contribution is 2.26. The molecule has 1 atom stereocenters. The van der Waals surface area contributed by atoms with Crippen molar-refractivity contribution in [1.82, 2.24) is 25.5 Å². The van der Waals surface area contributed by atoms with Crippen LogP contribution in [0.5, 0.6) is 0 Å². The zero-order valence-corrected chi connectivity index (χ0v) is 10.8. The Kier molecular flexibility index (Phi) is 2.74. The van der Waals surface area contributed by atoms with E-state index in [0.29, 0.717) is 23.3 Å². The molecule has 0 spiro atoms. The molecular weight excluding hydrogens is 262 g/mol. The highest BCUT2D eigenvalue weighted by atomic mass is 16.2. The highest BCUT2D eigenvalue weighted by Gasteiger charge is 2.34. The van der Waals surface area contributed by atoms with Crippen LogP contribution in [-0.4, -0.2) is 44.6 Å². The quantitative estimate of drug-likeness (QED) is 0.610. The van der Waals surface area contributed by atoms with Crippen LogP contribution in [-0.2, 0) is 9.59 Å². The maximum absolute atomic E-state index is 11.9. The number of hydrogen-bond donors (Lipinski definition) is 3. The topological polar surface area (TPSA) is 130 Å². The monoisotopic (exact) mass is 275 g/mol. The van der Waals surface area contributed by atoms with Gasteiger partial charge in [0.05, 0.1) is 18.1 Å². The van der Waals surface area contributed by atoms with Crippen molar-refractivity contribution in [3.8, 4) is 0 Å². The minimum atomic E-state index is -0.472. The summed E-state index contributed by atoms with van der Waals surface area (Å²) >= 11 is 0. The van der Waals surface area contributed by atoms with Crippen molar-refractivity contribution in [3.63, 3.8) is 0 Å². The van der Waals surface area contributed by atoms with Crippen LogP contribution >= 0.6 is 0 Å². The lowest BCUT2D eigenvalue weighted by molar-refractivity contribution is -0.132. The van der Waals surface area contributed by atoms with Gasteiger partial charge in [-0.3, -0.25) is 20.0 Å². The zero-order valence-electron chi connectivity index (χ0n) is 10.8. The number of imide groups is 1. The first kappa shape index (κ1) is 12.3. The molecule has 1 aliphatic heterocycles. The number of rotatable bonds is 2. The second-order valence-electron chi connectivity index (χ2n) is 4.50. The number of carbonyl (C=O) groups is 2. The normalized spacial score (nSPS) is 19.4. The van der Waals surface area contributed by atoms with Crippen molar-refractivity contribution >= 4 is 34.6 Å². The molecule has 1 aliphatic rings. The number of nitrogens with one attached hydrogen (secondary N) is 2. The molecule has 0 bridgehead atoms. The molecule has 20 heavy (non-hydrogen) atoms. The average Bonchev–Trinajstić information content (AvgIpc) is 2.84. The van der Waals surface area contributed by atoms with Crippen LogP contribution in [0.25, 0.3) is 11.0 Å². The summed E-state index contributed by atoms with van der Waals surface area (Å²) in [5.41, 5.74) is 6.14. The number of amides is 2. The van der Waals surface area contributed by atoms with Crippen molar-refractivity contribution < 1.29 is 9.59 Å². The minimum Gasteiger partial charge on any atom is -0.368 e. The fourth-order valence-electron chi connectivity index (χ4n) is 2.35. The van der Waals surface area contributed by atoms with E-state index in [4.69, 9.17) is 5.73 Å². The molecule has 0 aromatic carbocycles. The van der Waals surface area contributed by atoms with Gasteiger partial charge in [0.25, 0.3) is 0 Å². The van der Waals surface area contributed by atoms with Gasteiger partial charge in [-0.05, 0) is 6.42 Å². The summed E-state index contributed by atoms with van der Waals surface area (Å²) in [5.74, 6) is -0.201. The van der Waals surface area contributed by atoms with Gasteiger partial charge in [-0.1, -0.05) is 6.92 Å². The Morgan fingerprint density at radius 3 is 3.00 bits per heavy atom. The molecule has 1 saturated heterocycles. The maximum atomic E-state index is 11.9. The summed E-state index contributed by atoms with van der Waals surface area (Å²) < 4.78 is 0. The Labute approximate surface area is 113 Å². The molecule has 2 amide bonds. The third kappa shape index (κ3) is 1.83. The lowest BCUT2D eigenvalue weighted by Crippen LogP contribution is -2.58. The van der Waals surface area contributed by atoms with Crippen molar-refractivity contribution in [2.45, 2.75) is 19.4 Å². The molecule has 2 aromatic heterocycles. The number of piperazine rings is 1. The molecule has 1 unspecified atom stereocenters. The van der Waals surface area contributed by atoms with Gasteiger partial charge in [-0.2, -0.15) is 15.1 Å². The summed E-state index contributed by atoms with van der Waals surface area (Å²) in [6.07, 6.45) is 2.09. The van der Waals surface area contributed by atoms with E-state index in [9.17, 15) is 9.59 Å². The lowest BCUT2D eigenvalue weighted by atomic mass is 10.1. The molecule has 0 radical (unpaired) electrons. The van der Waals surface area contributed by atoms with Gasteiger partial charge in [-0.25, -0.2) is 0 Å². The first-order valence-corrected chi connectivity index (χ1v) is 6.17. The predicted octanol–water partition coefficient (Wildman–Crippen LogP) is -0.823. The SMILES string of the molecule is CCC1C(=O)NC(=O)CN1c1nc(N)nc2[nH]ncc12. The number of anilines is 2. The molecule has 0 aliphatic carbocycles. The third-order valence-electron chi connectivity index (χ3n) is 3.22. The number of aromatic amines is 1. The van der Waals surface area contributed by atoms with E-state index in [-0.39, 0.29) is 24.3 Å². The first-order chi connectivity index (χ1) is 9.60. The van der Waals surface area contributed by atoms with Crippen LogP contribution in [0.1, 0.15) is 13.3 Å². The van der Waals surface area contributed by atoms with E-state index < -0.39 is 6.04 Å². The first-order valence-electron chi connectivity index (χ1n) is 6.17. The standard InChI is InChI=1S/C11H13N7O2/c1-2-6-10(20)14-7(19)4-18(6)9-5-3-13-17-8(5)15-11(12)16-9/h3,6H,2,4H2,1H3,(H,14,19,20)(H3,12,13,15,16,17). The second kappa shape index (κ2) is 4.44. The molecule has 3 heterocycles. The molecule has 0 saturated carbocycles. The number of nitrogens with zero attached hydrogens (tertiary/aromatic N) is 4. The molecule has 4 N–H and O–H groups in total. The zero-order chi connectivity index (χ0) is 14.3. The molecule has 1 fully saturated rings. The van der Waals surface area contributed by atoms with Gasteiger partial charge in [0, 0.05) is 0 Å². The molecule has 2 aromatic rings. The summed E-state index contributed by atoms with van der Waals surface area (Å²) in [6.45, 7) is 1.91. The number of hydrogen-bond acceptors (Lipinski definition) is 7. The predicted molar refractivity (Wildman–Crippen MR) is 70.7 cm³/mol. The Balaban J connectivity index is 2.14. The number of nitrogen functional groups attached to an aromatic ring is 1. The van der Waals surface area contributed by atoms with Gasteiger partial charge < -0.3 is 10.6 Å². The van der Waals surface area contributed by atoms with Gasteiger partial charge in [0.2, 0.25) is 17.8 Å². The van der Waals surface area contributed by atoms with Crippen LogP contribution in [0.15, 0.2) is 6.20 Å². The summed E-state index contributed by atoms with van der Waals surface area (Å²) in [7, 11) is 0. The number of fused-ring (bicyclic) bond motifs is 1. The van der Waals surface area contributed by atoms with Gasteiger partial charge in [0.1, 0.15) is 11.9 Å². The third-order valence-corrected chi connectivity index (χ3v) is 3.22. The number of aromatic nitrogens is 4. The van der Waals surface area contributed by atoms with E-state index >= 15 is 0 Å². The highest BCUT2D eigenvalue weighted by molar-refractivity contribution is 6.06. The van der Waals surface area contributed by atoms with Crippen LogP contribution in [0.2, 0.25) is 0 Å². The van der Waals surface area contributed by atoms with E-state index in [1.807, 2.05) is 6.92 Å². The molecule has 9 heteroatoms. The Morgan fingerprint density at radius 2 is 2.25 bits per heavy atom. The Morgan fingerprint density at radius 1 is 1.45 bits per heavy atom. The Bertz CT molecular complexity index is 695. The summed E-state index contributed by atoms with van der Waals surface area (Å²) in [6, 6.07) is -0.472. The maximum Gasteiger partial charge on any atom is 0.249 e. The van der Waals surface area contributed by atoms with Gasteiger partial charge in [0.15, 0.2) is 5.65 Å². The largest absolute Gasteiger partial charge is 0.368 e. The second-order valence-corrected chi connectivity index (χ2v) is 4.50. The van der Waals surface area contributed by atoms with E-state index in [2.05, 4.69) is 25.5 Å². The molecular formula is C11H13N7O2. The number of carbonyl (C=O) groups excluding carboxylic acids is 2. The minimum absolute atomic E-state index is 0.0426. The summed E-state index contributed by atoms with van der Waals surface area (Å²) in [4.78, 5) is 33.3. The molecule has 104 valence electrons. The fourth-order valence-corrected chi connectivity index (χ4v) is 2.35. The van der Waals surface area contributed by atoms with Gasteiger partial charge in [-0.15, -0.1) is 0 Å². The van der Waals surface area contributed by atoms with Crippen molar-refractivity contribution in [1.29, 1.82) is 0 Å². The summed E-state index contributed by atoms with van der Waals surface area (Å²) in [5, 5.41) is 9.54. The lowest BCUT2D eigenvalue weighted by Gasteiger charge is -2.34. The van der Waals surface area contributed by atoms with Gasteiger partial charge >= 0.3 is 0 Å². The van der Waals surface area contributed by atoms with Crippen LogP contribution in [0.3, 0.4) is 0 Å². The van der Waals surface area contributed by atoms with E-state index in [0.717, 1.165) is 0 Å². The Hall–Kier alpha value is -2.71. The van der Waals surface area contributed by atoms with Crippen LogP contribution < -0.4 is 16.0 Å². The fraction of sp³-hybridized carbons (Fsp3) is 0.364. The van der Waals surface area contributed by atoms with Crippen LogP contribution in [0, 0.1) is 0 Å². The van der Waals surface area contributed by atoms with Crippen molar-refractivity contribution in [2.24, 2.45) is 0 Å². The van der Waals surface area contributed by atoms with Crippen LogP contribution in [0.4, 0.5) is 11.8 Å². The van der Waals surface area contributed by atoms with E-state index in [1.165, 1.54) is 0 Å². The van der Waals surface area contributed by atoms with Crippen molar-refractivity contribution in [3.05, 3.63) is 6.20 Å². The smallest absolute Gasteiger partial charge is 0.249 e.